The smallest absolute Gasteiger partial charge is 0.00197 e. The predicted octanol–water partition coefficient (Wildman–Crippen LogP) is 10.8. The summed E-state index contributed by atoms with van der Waals surface area (Å²) in [4.78, 5) is 0. The van der Waals surface area contributed by atoms with Crippen molar-refractivity contribution in [1.82, 2.24) is 0 Å². The zero-order valence-corrected chi connectivity index (χ0v) is 21.4. The molecule has 0 spiro atoms. The minimum Gasteiger partial charge on any atom is -0.0622 e. The van der Waals surface area contributed by atoms with Crippen LogP contribution >= 0.6 is 0 Å². The van der Waals surface area contributed by atoms with Gasteiger partial charge in [0.1, 0.15) is 0 Å². The zero-order chi connectivity index (χ0) is 25.1. The molecule has 0 saturated heterocycles. The summed E-state index contributed by atoms with van der Waals surface area (Å²) in [5.74, 6) is 0. The Bertz CT molecular complexity index is 2180. The van der Waals surface area contributed by atoms with Crippen molar-refractivity contribution in [2.45, 2.75) is 13.8 Å². The number of hydrogen-bond acceptors (Lipinski definition) is 0. The van der Waals surface area contributed by atoms with Gasteiger partial charge in [0.2, 0.25) is 0 Å². The fourth-order valence-electron chi connectivity index (χ4n) is 7.36. The molecule has 0 heterocycles. The van der Waals surface area contributed by atoms with E-state index in [2.05, 4.69) is 123 Å². The molecule has 0 nitrogen and oxygen atoms in total. The highest BCUT2D eigenvalue weighted by atomic mass is 14.3. The Hall–Kier alpha value is -4.68. The van der Waals surface area contributed by atoms with Crippen LogP contribution in [0.3, 0.4) is 0 Å². The van der Waals surface area contributed by atoms with Crippen molar-refractivity contribution in [3.8, 4) is 33.4 Å². The quantitative estimate of drug-likeness (QED) is 0.162. The van der Waals surface area contributed by atoms with Crippen molar-refractivity contribution in [2.75, 3.05) is 0 Å². The molecule has 0 fully saturated rings. The highest BCUT2D eigenvalue weighted by molar-refractivity contribution is 6.35. The van der Waals surface area contributed by atoms with Crippen molar-refractivity contribution >= 4 is 53.9 Å². The van der Waals surface area contributed by atoms with E-state index in [1.807, 2.05) is 0 Å². The minimum atomic E-state index is 1.29. The van der Waals surface area contributed by atoms with Gasteiger partial charge in [0.25, 0.3) is 0 Å². The minimum absolute atomic E-state index is 1.29. The number of aryl methyl sites for hydroxylation is 2. The third-order valence-corrected chi connectivity index (χ3v) is 8.84. The largest absolute Gasteiger partial charge is 0.0622 e. The molecular weight excluding hydrogens is 456 g/mol. The van der Waals surface area contributed by atoms with Gasteiger partial charge in [-0.3, -0.25) is 0 Å². The van der Waals surface area contributed by atoms with Crippen LogP contribution in [0.1, 0.15) is 11.1 Å². The number of hydrogen-bond donors (Lipinski definition) is 0. The van der Waals surface area contributed by atoms with Gasteiger partial charge in [0, 0.05) is 0 Å². The van der Waals surface area contributed by atoms with Gasteiger partial charge in [-0.2, -0.15) is 0 Å². The zero-order valence-electron chi connectivity index (χ0n) is 21.4. The third kappa shape index (κ3) is 2.45. The van der Waals surface area contributed by atoms with Crippen LogP contribution in [0.4, 0.5) is 0 Å². The summed E-state index contributed by atoms with van der Waals surface area (Å²) < 4.78 is 0. The van der Waals surface area contributed by atoms with Gasteiger partial charge in [0.15, 0.2) is 0 Å². The van der Waals surface area contributed by atoms with E-state index in [0.29, 0.717) is 0 Å². The van der Waals surface area contributed by atoms with Crippen LogP contribution in [0.15, 0.2) is 109 Å². The van der Waals surface area contributed by atoms with E-state index in [1.165, 1.54) is 98.4 Å². The highest BCUT2D eigenvalue weighted by Crippen LogP contribution is 2.53. The molecule has 0 aliphatic heterocycles. The lowest BCUT2D eigenvalue weighted by molar-refractivity contribution is 1.47. The lowest BCUT2D eigenvalue weighted by Gasteiger charge is -2.16. The molecule has 0 atom stereocenters. The summed E-state index contributed by atoms with van der Waals surface area (Å²) in [6, 6.07) is 41.2. The monoisotopic (exact) mass is 480 g/mol. The first kappa shape index (κ1) is 20.4. The highest BCUT2D eigenvalue weighted by Gasteiger charge is 2.26. The van der Waals surface area contributed by atoms with Crippen LogP contribution in [-0.2, 0) is 0 Å². The van der Waals surface area contributed by atoms with Crippen LogP contribution in [0.5, 0.6) is 0 Å². The Balaban J connectivity index is 1.48. The van der Waals surface area contributed by atoms with Crippen LogP contribution in [0.2, 0.25) is 0 Å². The second-order valence-electron chi connectivity index (χ2n) is 11.0. The van der Waals surface area contributed by atoms with E-state index in [9.17, 15) is 0 Å². The third-order valence-electron chi connectivity index (χ3n) is 8.84. The molecule has 0 aromatic heterocycles. The Morgan fingerprint density at radius 3 is 1.63 bits per heavy atom. The summed E-state index contributed by atoms with van der Waals surface area (Å²) in [6.07, 6.45) is 0. The lowest BCUT2D eigenvalue weighted by atomic mass is 9.87. The molecular formula is C38H24. The molecule has 1 aliphatic rings. The molecule has 0 heteroatoms. The lowest BCUT2D eigenvalue weighted by Crippen LogP contribution is -1.89. The topological polar surface area (TPSA) is 0 Å². The molecule has 0 N–H and O–H groups in total. The van der Waals surface area contributed by atoms with Crippen molar-refractivity contribution in [2.24, 2.45) is 0 Å². The Labute approximate surface area is 221 Å². The summed E-state index contributed by atoms with van der Waals surface area (Å²) in [6.45, 7) is 4.51. The molecule has 0 unspecified atom stereocenters. The summed E-state index contributed by atoms with van der Waals surface area (Å²) >= 11 is 0. The molecule has 0 bridgehead atoms. The maximum Gasteiger partial charge on any atom is -0.00197 e. The molecule has 0 saturated carbocycles. The standard InChI is InChI=1S/C38H24/c1-21-16-32-30-19-28-26-12-6-10-24-14-15-25-11-7-13-27(37(25)36(24)26)29(28)20-31(30)33-18-22(2)35(34(17-21)38(32)33)23-8-4-3-5-9-23/h3-20H,1-2H3. The van der Waals surface area contributed by atoms with Gasteiger partial charge in [-0.05, 0) is 124 Å². The van der Waals surface area contributed by atoms with Crippen LogP contribution in [0, 0.1) is 13.8 Å². The normalized spacial score (nSPS) is 12.5. The Morgan fingerprint density at radius 1 is 0.395 bits per heavy atom. The van der Waals surface area contributed by atoms with E-state index >= 15 is 0 Å². The van der Waals surface area contributed by atoms with Crippen LogP contribution in [-0.4, -0.2) is 0 Å². The first-order valence-electron chi connectivity index (χ1n) is 13.4. The van der Waals surface area contributed by atoms with Gasteiger partial charge < -0.3 is 0 Å². The average molecular weight is 481 g/mol. The fraction of sp³-hybridized carbons (Fsp3) is 0.0526. The van der Waals surface area contributed by atoms with Crippen molar-refractivity contribution in [3.05, 3.63) is 120 Å². The van der Waals surface area contributed by atoms with Crippen molar-refractivity contribution < 1.29 is 0 Å². The van der Waals surface area contributed by atoms with Crippen LogP contribution < -0.4 is 0 Å². The van der Waals surface area contributed by atoms with E-state index in [-0.39, 0.29) is 0 Å². The Morgan fingerprint density at radius 2 is 1.00 bits per heavy atom. The first-order valence-corrected chi connectivity index (χ1v) is 13.4. The van der Waals surface area contributed by atoms with Gasteiger partial charge in [-0.25, -0.2) is 0 Å². The second kappa shape index (κ2) is 7.00. The number of rotatable bonds is 1. The fourth-order valence-corrected chi connectivity index (χ4v) is 7.36. The molecule has 9 rings (SSSR count). The van der Waals surface area contributed by atoms with Gasteiger partial charge in [-0.15, -0.1) is 0 Å². The molecule has 1 aliphatic carbocycles. The van der Waals surface area contributed by atoms with Gasteiger partial charge in [-0.1, -0.05) is 97.1 Å². The Kier molecular flexibility index (Phi) is 3.75. The number of fused-ring (bicyclic) bond motifs is 6. The van der Waals surface area contributed by atoms with Gasteiger partial charge >= 0.3 is 0 Å². The first-order chi connectivity index (χ1) is 18.7. The van der Waals surface area contributed by atoms with E-state index in [1.54, 1.807) is 0 Å². The molecule has 8 aromatic carbocycles. The molecule has 38 heavy (non-hydrogen) atoms. The summed E-state index contributed by atoms with van der Waals surface area (Å²) in [5, 5.41) is 13.6. The SMILES string of the molecule is Cc1cc2c3c(cc(C)c(-c4ccccc4)c3c1)-c1cc3c(cc1-2)c1cccc2ccc4cccc3c4c21. The van der Waals surface area contributed by atoms with E-state index in [0.717, 1.165) is 0 Å². The molecule has 176 valence electrons. The van der Waals surface area contributed by atoms with E-state index in [4.69, 9.17) is 0 Å². The second-order valence-corrected chi connectivity index (χ2v) is 11.0. The molecule has 8 aromatic rings. The predicted molar refractivity (Wildman–Crippen MR) is 164 cm³/mol. The van der Waals surface area contributed by atoms with E-state index < -0.39 is 0 Å². The molecule has 0 amide bonds. The summed E-state index contributed by atoms with van der Waals surface area (Å²) in [7, 11) is 0. The summed E-state index contributed by atoms with van der Waals surface area (Å²) in [5.41, 5.74) is 10.7. The maximum atomic E-state index is 2.49. The average Bonchev–Trinajstić information content (AvgIpc) is 3.24. The maximum absolute atomic E-state index is 2.49. The van der Waals surface area contributed by atoms with Crippen molar-refractivity contribution in [3.63, 3.8) is 0 Å². The molecule has 0 radical (unpaired) electrons. The van der Waals surface area contributed by atoms with Gasteiger partial charge in [0.05, 0.1) is 0 Å². The van der Waals surface area contributed by atoms with Crippen LogP contribution in [0.25, 0.3) is 87.2 Å². The van der Waals surface area contributed by atoms with Crippen molar-refractivity contribution in [1.29, 1.82) is 0 Å². The number of benzene rings is 8.